The normalized spacial score (nSPS) is 11.8. The molecule has 2 aromatic heterocycles. The summed E-state index contributed by atoms with van der Waals surface area (Å²) in [5.74, 6) is -0.781. The Labute approximate surface area is 95.0 Å². The summed E-state index contributed by atoms with van der Waals surface area (Å²) in [7, 11) is 1.73. The molecule has 0 saturated carbocycles. The fourth-order valence-corrected chi connectivity index (χ4v) is 1.35. The van der Waals surface area contributed by atoms with Crippen molar-refractivity contribution < 1.29 is 17.6 Å². The number of hydrogen-bond acceptors (Lipinski definition) is 3. The van der Waals surface area contributed by atoms with E-state index >= 15 is 0 Å². The van der Waals surface area contributed by atoms with Gasteiger partial charge in [0.25, 0.3) is 0 Å². The first-order valence-corrected chi connectivity index (χ1v) is 4.85. The Bertz CT molecular complexity index is 501. The smallest absolute Gasteiger partial charge is 0.449 e. The molecule has 0 amide bonds. The Balaban J connectivity index is 2.11. The zero-order valence-electron chi connectivity index (χ0n) is 8.95. The topological polar surface area (TPSA) is 43.0 Å². The van der Waals surface area contributed by atoms with Crippen molar-refractivity contribution in [2.45, 2.75) is 12.7 Å². The predicted molar refractivity (Wildman–Crippen MR) is 54.6 cm³/mol. The van der Waals surface area contributed by atoms with Crippen LogP contribution in [0.1, 0.15) is 11.5 Å². The van der Waals surface area contributed by atoms with Gasteiger partial charge in [-0.25, -0.2) is 0 Å². The quantitative estimate of drug-likeness (QED) is 0.903. The average molecular weight is 245 g/mol. The first kappa shape index (κ1) is 11.6. The third-order valence-corrected chi connectivity index (χ3v) is 2.18. The maximum Gasteiger partial charge on any atom is 0.449 e. The number of hydrogen-bond donors (Lipinski definition) is 1. The number of alkyl halides is 3. The van der Waals surface area contributed by atoms with Crippen LogP contribution in [0.2, 0.25) is 0 Å². The molecule has 0 unspecified atom stereocenters. The van der Waals surface area contributed by atoms with E-state index in [1.165, 1.54) is 10.7 Å². The summed E-state index contributed by atoms with van der Waals surface area (Å²) in [6.45, 7) is 0.164. The highest BCUT2D eigenvalue weighted by atomic mass is 19.4. The molecular formula is C10H10F3N3O. The minimum Gasteiger partial charge on any atom is -0.455 e. The van der Waals surface area contributed by atoms with Gasteiger partial charge < -0.3 is 9.73 Å². The van der Waals surface area contributed by atoms with Gasteiger partial charge in [-0.05, 0) is 12.1 Å². The lowest BCUT2D eigenvalue weighted by Crippen LogP contribution is -2.03. The van der Waals surface area contributed by atoms with Crippen molar-refractivity contribution in [2.75, 3.05) is 12.4 Å². The lowest BCUT2D eigenvalue weighted by Gasteiger charge is -2.01. The number of furan rings is 1. The molecule has 0 spiro atoms. The molecule has 2 heterocycles. The monoisotopic (exact) mass is 245 g/mol. The van der Waals surface area contributed by atoms with Crippen molar-refractivity contribution in [2.24, 2.45) is 0 Å². The molecule has 0 aromatic carbocycles. The van der Waals surface area contributed by atoms with Crippen LogP contribution in [0, 0.1) is 0 Å². The van der Waals surface area contributed by atoms with Crippen LogP contribution < -0.4 is 5.32 Å². The zero-order valence-corrected chi connectivity index (χ0v) is 8.95. The molecule has 0 bridgehead atoms. The fourth-order valence-electron chi connectivity index (χ4n) is 1.35. The highest BCUT2D eigenvalue weighted by molar-refractivity contribution is 5.36. The van der Waals surface area contributed by atoms with Gasteiger partial charge in [0.15, 0.2) is 0 Å². The van der Waals surface area contributed by atoms with Crippen molar-refractivity contribution in [1.82, 2.24) is 9.78 Å². The summed E-state index contributed by atoms with van der Waals surface area (Å²) in [6.07, 6.45) is -1.19. The number of rotatable bonds is 3. The largest absolute Gasteiger partial charge is 0.455 e. The van der Waals surface area contributed by atoms with E-state index in [1.54, 1.807) is 19.4 Å². The highest BCUT2D eigenvalue weighted by Gasteiger charge is 2.34. The second-order valence-corrected chi connectivity index (χ2v) is 3.44. The second-order valence-electron chi connectivity index (χ2n) is 3.44. The highest BCUT2D eigenvalue weighted by Crippen LogP contribution is 2.30. The minimum absolute atomic E-state index is 0.164. The molecule has 0 aliphatic carbocycles. The maximum atomic E-state index is 12.3. The second kappa shape index (κ2) is 4.15. The van der Waals surface area contributed by atoms with E-state index in [1.807, 2.05) is 0 Å². The van der Waals surface area contributed by atoms with Crippen molar-refractivity contribution >= 4 is 5.69 Å². The van der Waals surface area contributed by atoms with Crippen LogP contribution in [0.25, 0.3) is 0 Å². The van der Waals surface area contributed by atoms with Gasteiger partial charge in [0.05, 0.1) is 18.4 Å². The summed E-state index contributed by atoms with van der Waals surface area (Å²) in [5, 5.41) is 6.84. The SMILES string of the molecule is CNc1cnn(Cc2ccc(C(F)(F)F)o2)c1. The van der Waals surface area contributed by atoms with Crippen molar-refractivity contribution in [3.05, 3.63) is 36.0 Å². The maximum absolute atomic E-state index is 12.3. The summed E-state index contributed by atoms with van der Waals surface area (Å²) in [6, 6.07) is 2.21. The van der Waals surface area contributed by atoms with E-state index in [9.17, 15) is 13.2 Å². The summed E-state index contributed by atoms with van der Waals surface area (Å²) < 4.78 is 43.0. The van der Waals surface area contributed by atoms with Gasteiger partial charge in [0.1, 0.15) is 5.76 Å². The molecule has 0 fully saturated rings. The lowest BCUT2D eigenvalue weighted by molar-refractivity contribution is -0.153. The van der Waals surface area contributed by atoms with Crippen molar-refractivity contribution in [1.29, 1.82) is 0 Å². The van der Waals surface area contributed by atoms with Crippen LogP contribution in [0.15, 0.2) is 28.9 Å². The molecule has 0 saturated heterocycles. The Morgan fingerprint density at radius 1 is 1.41 bits per heavy atom. The number of nitrogens with zero attached hydrogens (tertiary/aromatic N) is 2. The molecule has 4 nitrogen and oxygen atoms in total. The zero-order chi connectivity index (χ0) is 12.5. The fraction of sp³-hybridized carbons (Fsp3) is 0.300. The van der Waals surface area contributed by atoms with Crippen LogP contribution in [0.4, 0.5) is 18.9 Å². The molecule has 0 radical (unpaired) electrons. The van der Waals surface area contributed by atoms with E-state index in [0.29, 0.717) is 0 Å². The van der Waals surface area contributed by atoms with Gasteiger partial charge >= 0.3 is 6.18 Å². The Morgan fingerprint density at radius 2 is 2.18 bits per heavy atom. The van der Waals surface area contributed by atoms with Gasteiger partial charge in [-0.1, -0.05) is 0 Å². The lowest BCUT2D eigenvalue weighted by atomic mass is 10.4. The number of anilines is 1. The molecule has 0 aliphatic rings. The Kier molecular flexibility index (Phi) is 2.83. The molecular weight excluding hydrogens is 235 g/mol. The molecule has 17 heavy (non-hydrogen) atoms. The van der Waals surface area contributed by atoms with Crippen LogP contribution in [0.5, 0.6) is 0 Å². The van der Waals surface area contributed by atoms with Crippen molar-refractivity contribution in [3.63, 3.8) is 0 Å². The number of nitrogens with one attached hydrogen (secondary N) is 1. The van der Waals surface area contributed by atoms with Crippen LogP contribution in [-0.4, -0.2) is 16.8 Å². The molecule has 7 heteroatoms. The summed E-state index contributed by atoms with van der Waals surface area (Å²) in [4.78, 5) is 0. The van der Waals surface area contributed by atoms with Crippen LogP contribution >= 0.6 is 0 Å². The van der Waals surface area contributed by atoms with Gasteiger partial charge in [0, 0.05) is 13.2 Å². The first-order valence-electron chi connectivity index (χ1n) is 4.85. The van der Waals surface area contributed by atoms with Gasteiger partial charge in [-0.15, -0.1) is 0 Å². The standard InChI is InChI=1S/C10H10F3N3O/c1-14-7-4-15-16(5-7)6-8-2-3-9(17-8)10(11,12)13/h2-5,14H,6H2,1H3. The molecule has 2 rings (SSSR count). The predicted octanol–water partition coefficient (Wildman–Crippen LogP) is 2.58. The van der Waals surface area contributed by atoms with Crippen LogP contribution in [0.3, 0.4) is 0 Å². The van der Waals surface area contributed by atoms with E-state index in [-0.39, 0.29) is 12.3 Å². The number of aromatic nitrogens is 2. The molecule has 0 aliphatic heterocycles. The molecule has 1 N–H and O–H groups in total. The molecule has 2 aromatic rings. The third-order valence-electron chi connectivity index (χ3n) is 2.18. The first-order chi connectivity index (χ1) is 7.99. The minimum atomic E-state index is -4.45. The Morgan fingerprint density at radius 3 is 2.71 bits per heavy atom. The van der Waals surface area contributed by atoms with Gasteiger partial charge in [0.2, 0.25) is 5.76 Å². The van der Waals surface area contributed by atoms with Crippen molar-refractivity contribution in [3.8, 4) is 0 Å². The van der Waals surface area contributed by atoms with Crippen LogP contribution in [-0.2, 0) is 12.7 Å². The van der Waals surface area contributed by atoms with Gasteiger partial charge in [-0.3, -0.25) is 4.68 Å². The van der Waals surface area contributed by atoms with Gasteiger partial charge in [-0.2, -0.15) is 18.3 Å². The average Bonchev–Trinajstić information content (AvgIpc) is 2.86. The Hall–Kier alpha value is -1.92. The van der Waals surface area contributed by atoms with E-state index < -0.39 is 11.9 Å². The van der Waals surface area contributed by atoms with E-state index in [4.69, 9.17) is 0 Å². The molecule has 0 atom stereocenters. The number of halogens is 3. The van der Waals surface area contributed by atoms with E-state index in [2.05, 4.69) is 14.8 Å². The molecule has 92 valence electrons. The van der Waals surface area contributed by atoms with E-state index in [0.717, 1.165) is 11.8 Å². The third kappa shape index (κ3) is 2.61. The summed E-state index contributed by atoms with van der Waals surface area (Å²) in [5.41, 5.74) is 0.785. The summed E-state index contributed by atoms with van der Waals surface area (Å²) >= 11 is 0.